The van der Waals surface area contributed by atoms with E-state index in [2.05, 4.69) is 42.4 Å². The molecule has 0 spiro atoms. The van der Waals surface area contributed by atoms with E-state index in [1.807, 2.05) is 4.90 Å². The van der Waals surface area contributed by atoms with Crippen LogP contribution in [0.15, 0.2) is 74.7 Å². The van der Waals surface area contributed by atoms with Gasteiger partial charge in [-0.05, 0) is 105 Å². The van der Waals surface area contributed by atoms with Gasteiger partial charge >= 0.3 is 0 Å². The Morgan fingerprint density at radius 3 is 2.29 bits per heavy atom. The highest BCUT2D eigenvalue weighted by atomic mass is 79.9. The van der Waals surface area contributed by atoms with E-state index in [1.54, 1.807) is 60.7 Å². The summed E-state index contributed by atoms with van der Waals surface area (Å²) in [7, 11) is 0. The predicted molar refractivity (Wildman–Crippen MR) is 137 cm³/mol. The molecular weight excluding hydrogens is 566 g/mol. The number of hydrogen-bond acceptors (Lipinski definition) is 5. The molecule has 1 aliphatic heterocycles. The Morgan fingerprint density at radius 1 is 0.941 bits per heavy atom. The van der Waals surface area contributed by atoms with Crippen LogP contribution in [0.1, 0.15) is 39.1 Å². The minimum absolute atomic E-state index is 0.0373. The first kappa shape index (κ1) is 24.0. The van der Waals surface area contributed by atoms with Crippen molar-refractivity contribution in [2.24, 2.45) is 5.10 Å². The van der Waals surface area contributed by atoms with Gasteiger partial charge in [-0.25, -0.2) is 5.43 Å². The van der Waals surface area contributed by atoms with Crippen LogP contribution in [-0.2, 0) is 0 Å². The quantitative estimate of drug-likeness (QED) is 0.286. The van der Waals surface area contributed by atoms with Crippen LogP contribution in [0, 0.1) is 0 Å². The third-order valence-corrected chi connectivity index (χ3v) is 6.45. The lowest BCUT2D eigenvalue weighted by molar-refractivity contribution is 0.0792. The summed E-state index contributed by atoms with van der Waals surface area (Å²) in [4.78, 5) is 26.8. The van der Waals surface area contributed by atoms with Crippen LogP contribution in [0.25, 0.3) is 0 Å². The molecule has 2 N–H and O–H groups in total. The van der Waals surface area contributed by atoms with Gasteiger partial charge < -0.3 is 14.7 Å². The summed E-state index contributed by atoms with van der Waals surface area (Å²) in [6.45, 7) is 1.61. The molecule has 1 fully saturated rings. The lowest BCUT2D eigenvalue weighted by Gasteiger charge is -2.15. The third kappa shape index (κ3) is 5.84. The van der Waals surface area contributed by atoms with E-state index in [1.165, 1.54) is 6.21 Å². The number of nitrogens with zero attached hydrogens (tertiary/aromatic N) is 2. The number of ether oxygens (including phenoxy) is 1. The van der Waals surface area contributed by atoms with Gasteiger partial charge in [0.2, 0.25) is 0 Å². The number of carbonyl (C=O) groups excluding carboxylic acids is 2. The Kier molecular flexibility index (Phi) is 7.64. The standard InChI is InChI=1S/C25H21Br2N3O4/c26-21-12-16(13-22(27)23(21)31)15-28-29-24(32)18-4-3-5-20(14-18)34-19-8-6-17(7-9-19)25(33)30-10-1-2-11-30/h3-9,12-15,31H,1-2,10-11H2,(H,29,32)/b28-15+. The van der Waals surface area contributed by atoms with E-state index < -0.39 is 5.91 Å². The van der Waals surface area contributed by atoms with Crippen molar-refractivity contribution in [2.75, 3.05) is 13.1 Å². The molecule has 4 rings (SSSR count). The molecule has 1 saturated heterocycles. The number of rotatable bonds is 6. The zero-order valence-electron chi connectivity index (χ0n) is 18.0. The number of amides is 2. The summed E-state index contributed by atoms with van der Waals surface area (Å²) >= 11 is 6.51. The van der Waals surface area contributed by atoms with E-state index in [-0.39, 0.29) is 11.7 Å². The smallest absolute Gasteiger partial charge is 0.271 e. The minimum atomic E-state index is -0.398. The maximum Gasteiger partial charge on any atom is 0.271 e. The Hall–Kier alpha value is -3.17. The number of halogens is 2. The van der Waals surface area contributed by atoms with E-state index in [4.69, 9.17) is 4.74 Å². The fraction of sp³-hybridized carbons (Fsp3) is 0.160. The predicted octanol–water partition coefficient (Wildman–Crippen LogP) is 5.71. The highest BCUT2D eigenvalue weighted by Gasteiger charge is 2.19. The summed E-state index contributed by atoms with van der Waals surface area (Å²) in [6.07, 6.45) is 3.57. The van der Waals surface area contributed by atoms with Crippen LogP contribution in [0.3, 0.4) is 0 Å². The number of nitrogens with one attached hydrogen (secondary N) is 1. The number of aromatic hydroxyl groups is 1. The topological polar surface area (TPSA) is 91.2 Å². The molecule has 7 nitrogen and oxygen atoms in total. The van der Waals surface area contributed by atoms with E-state index in [9.17, 15) is 14.7 Å². The van der Waals surface area contributed by atoms with Crippen LogP contribution in [-0.4, -0.2) is 41.1 Å². The molecule has 0 aliphatic carbocycles. The molecule has 34 heavy (non-hydrogen) atoms. The van der Waals surface area contributed by atoms with Gasteiger partial charge in [0.1, 0.15) is 17.2 Å². The first-order chi connectivity index (χ1) is 16.4. The molecule has 3 aromatic rings. The Labute approximate surface area is 213 Å². The number of carbonyl (C=O) groups is 2. The molecule has 0 aromatic heterocycles. The fourth-order valence-corrected chi connectivity index (χ4v) is 4.72. The fourth-order valence-electron chi connectivity index (χ4n) is 3.49. The van der Waals surface area contributed by atoms with Crippen molar-refractivity contribution in [3.63, 3.8) is 0 Å². The zero-order valence-corrected chi connectivity index (χ0v) is 21.2. The second-order valence-corrected chi connectivity index (χ2v) is 9.39. The average Bonchev–Trinajstić information content (AvgIpc) is 3.38. The zero-order chi connectivity index (χ0) is 24.1. The Bertz CT molecular complexity index is 1220. The summed E-state index contributed by atoms with van der Waals surface area (Å²) in [6, 6.07) is 17.1. The molecule has 0 atom stereocenters. The molecule has 2 amide bonds. The molecule has 9 heteroatoms. The number of likely N-dealkylation sites (tertiary alicyclic amines) is 1. The second-order valence-electron chi connectivity index (χ2n) is 7.69. The summed E-state index contributed by atoms with van der Waals surface area (Å²) in [5.74, 6) is 0.782. The van der Waals surface area contributed by atoms with Crippen LogP contribution in [0.2, 0.25) is 0 Å². The van der Waals surface area contributed by atoms with Gasteiger partial charge in [0.15, 0.2) is 0 Å². The SMILES string of the molecule is O=C(N/N=C/c1cc(Br)c(O)c(Br)c1)c1cccc(Oc2ccc(C(=O)N3CCCC3)cc2)c1. The van der Waals surface area contributed by atoms with Gasteiger partial charge in [0, 0.05) is 24.2 Å². The monoisotopic (exact) mass is 585 g/mol. The largest absolute Gasteiger partial charge is 0.506 e. The van der Waals surface area contributed by atoms with Crippen LogP contribution < -0.4 is 10.2 Å². The number of phenolic OH excluding ortho intramolecular Hbond substituents is 1. The van der Waals surface area contributed by atoms with E-state index in [0.717, 1.165) is 25.9 Å². The molecular formula is C25H21Br2N3O4. The maximum atomic E-state index is 12.5. The summed E-state index contributed by atoms with van der Waals surface area (Å²) < 4.78 is 6.88. The van der Waals surface area contributed by atoms with Crippen molar-refractivity contribution >= 4 is 49.9 Å². The average molecular weight is 587 g/mol. The minimum Gasteiger partial charge on any atom is -0.506 e. The summed E-state index contributed by atoms with van der Waals surface area (Å²) in [5, 5.41) is 13.7. The van der Waals surface area contributed by atoms with Gasteiger partial charge in [-0.15, -0.1) is 0 Å². The van der Waals surface area contributed by atoms with Crippen LogP contribution in [0.4, 0.5) is 0 Å². The third-order valence-electron chi connectivity index (χ3n) is 5.25. The lowest BCUT2D eigenvalue weighted by atomic mass is 10.2. The second kappa shape index (κ2) is 10.8. The lowest BCUT2D eigenvalue weighted by Crippen LogP contribution is -2.27. The van der Waals surface area contributed by atoms with Crippen molar-refractivity contribution in [2.45, 2.75) is 12.8 Å². The molecule has 0 radical (unpaired) electrons. The Balaban J connectivity index is 1.37. The van der Waals surface area contributed by atoms with Gasteiger partial charge in [-0.1, -0.05) is 6.07 Å². The molecule has 1 heterocycles. The van der Waals surface area contributed by atoms with Crippen molar-refractivity contribution in [3.05, 3.63) is 86.3 Å². The van der Waals surface area contributed by atoms with Crippen LogP contribution in [0.5, 0.6) is 17.2 Å². The molecule has 3 aromatic carbocycles. The number of benzene rings is 3. The molecule has 174 valence electrons. The van der Waals surface area contributed by atoms with Crippen LogP contribution >= 0.6 is 31.9 Å². The maximum absolute atomic E-state index is 12.5. The van der Waals surface area contributed by atoms with Gasteiger partial charge in [0.25, 0.3) is 11.8 Å². The van der Waals surface area contributed by atoms with Crippen molar-refractivity contribution < 1.29 is 19.4 Å². The number of hydrogen-bond donors (Lipinski definition) is 2. The highest BCUT2D eigenvalue weighted by molar-refractivity contribution is 9.11. The molecule has 1 aliphatic rings. The number of hydrazone groups is 1. The molecule has 0 bridgehead atoms. The van der Waals surface area contributed by atoms with Gasteiger partial charge in [-0.2, -0.15) is 5.10 Å². The van der Waals surface area contributed by atoms with Crippen molar-refractivity contribution in [1.29, 1.82) is 0 Å². The Morgan fingerprint density at radius 2 is 1.62 bits per heavy atom. The first-order valence-corrected chi connectivity index (χ1v) is 12.2. The van der Waals surface area contributed by atoms with E-state index in [0.29, 0.717) is 37.1 Å². The number of phenols is 1. The summed E-state index contributed by atoms with van der Waals surface area (Å²) in [5.41, 5.74) is 4.17. The van der Waals surface area contributed by atoms with Gasteiger partial charge in [-0.3, -0.25) is 9.59 Å². The van der Waals surface area contributed by atoms with Crippen molar-refractivity contribution in [1.82, 2.24) is 10.3 Å². The normalized spacial score (nSPS) is 13.3. The van der Waals surface area contributed by atoms with E-state index >= 15 is 0 Å². The highest BCUT2D eigenvalue weighted by Crippen LogP contribution is 2.32. The van der Waals surface area contributed by atoms with Gasteiger partial charge in [0.05, 0.1) is 15.2 Å². The molecule has 0 unspecified atom stereocenters. The van der Waals surface area contributed by atoms with Crippen molar-refractivity contribution in [3.8, 4) is 17.2 Å². The first-order valence-electron chi connectivity index (χ1n) is 10.6. The molecule has 0 saturated carbocycles.